The van der Waals surface area contributed by atoms with Gasteiger partial charge >= 0.3 is 0 Å². The first-order valence-electron chi connectivity index (χ1n) is 19.3. The molecule has 0 aliphatic heterocycles. The van der Waals surface area contributed by atoms with Crippen LogP contribution in [0.15, 0.2) is 218 Å². The van der Waals surface area contributed by atoms with Crippen LogP contribution >= 0.6 is 0 Å². The number of aromatic nitrogens is 1. The van der Waals surface area contributed by atoms with E-state index in [1.165, 1.54) is 76.4 Å². The first-order valence-corrected chi connectivity index (χ1v) is 19.3. The molecule has 0 amide bonds. The Kier molecular flexibility index (Phi) is 7.53. The topological polar surface area (TPSA) is 8.17 Å². The molecule has 0 aliphatic rings. The highest BCUT2D eigenvalue weighted by atomic mass is 15.1. The van der Waals surface area contributed by atoms with E-state index < -0.39 is 0 Å². The Morgan fingerprint density at radius 2 is 0.875 bits per heavy atom. The van der Waals surface area contributed by atoms with Gasteiger partial charge in [0.2, 0.25) is 0 Å². The van der Waals surface area contributed by atoms with E-state index in [1.54, 1.807) is 0 Å². The summed E-state index contributed by atoms with van der Waals surface area (Å²) in [5.41, 5.74) is 11.6. The van der Waals surface area contributed by atoms with Crippen molar-refractivity contribution in [1.29, 1.82) is 0 Å². The molecule has 10 aromatic carbocycles. The standard InChI is InChI=1S/C54H36N2/c1-3-16-37(17-4-1)41-22-9-10-23-43(41)47-24-11-13-27-51(47)56(53-29-15-26-44-46-32-30-38-18-7-8-21-42(38)45(46)33-34-49(44)53)40-31-35-54-50(36-40)48-25-12-14-28-52(48)55(54)39-19-5-2-6-20-39/h1-36H. The van der Waals surface area contributed by atoms with Crippen LogP contribution in [0.5, 0.6) is 0 Å². The molecule has 2 nitrogen and oxygen atoms in total. The van der Waals surface area contributed by atoms with Gasteiger partial charge in [-0.15, -0.1) is 0 Å². The maximum atomic E-state index is 2.49. The van der Waals surface area contributed by atoms with E-state index in [2.05, 4.69) is 228 Å². The minimum absolute atomic E-state index is 1.10. The Bertz CT molecular complexity index is 3250. The highest BCUT2D eigenvalue weighted by Crippen LogP contribution is 2.47. The average Bonchev–Trinajstić information content (AvgIpc) is 3.61. The molecule has 0 spiro atoms. The van der Waals surface area contributed by atoms with Crippen molar-refractivity contribution in [3.63, 3.8) is 0 Å². The van der Waals surface area contributed by atoms with Crippen molar-refractivity contribution in [2.24, 2.45) is 0 Å². The van der Waals surface area contributed by atoms with Crippen molar-refractivity contribution in [3.8, 4) is 27.9 Å². The molecular formula is C54H36N2. The van der Waals surface area contributed by atoms with Crippen molar-refractivity contribution >= 4 is 71.2 Å². The lowest BCUT2D eigenvalue weighted by Crippen LogP contribution is -2.12. The average molecular weight is 713 g/mol. The zero-order valence-corrected chi connectivity index (χ0v) is 30.7. The minimum Gasteiger partial charge on any atom is -0.309 e. The largest absolute Gasteiger partial charge is 0.309 e. The molecule has 0 atom stereocenters. The molecule has 0 saturated heterocycles. The molecule has 0 aliphatic carbocycles. The molecule has 0 fully saturated rings. The second-order valence-corrected chi connectivity index (χ2v) is 14.5. The lowest BCUT2D eigenvalue weighted by atomic mass is 9.92. The van der Waals surface area contributed by atoms with Crippen LogP contribution in [0, 0.1) is 0 Å². The van der Waals surface area contributed by atoms with E-state index in [0.717, 1.165) is 22.7 Å². The molecule has 0 unspecified atom stereocenters. The molecule has 0 saturated carbocycles. The van der Waals surface area contributed by atoms with Crippen molar-refractivity contribution in [1.82, 2.24) is 4.57 Å². The van der Waals surface area contributed by atoms with Crippen molar-refractivity contribution < 1.29 is 0 Å². The predicted octanol–water partition coefficient (Wildman–Crippen LogP) is 15.0. The second kappa shape index (κ2) is 13.2. The smallest absolute Gasteiger partial charge is 0.0542 e. The summed E-state index contributed by atoms with van der Waals surface area (Å²) < 4.78 is 2.39. The van der Waals surface area contributed by atoms with Crippen molar-refractivity contribution in [2.45, 2.75) is 0 Å². The Morgan fingerprint density at radius 3 is 1.73 bits per heavy atom. The van der Waals surface area contributed by atoms with Gasteiger partial charge in [-0.3, -0.25) is 0 Å². The quantitative estimate of drug-likeness (QED) is 0.156. The van der Waals surface area contributed by atoms with Gasteiger partial charge in [-0.1, -0.05) is 170 Å². The number of anilines is 3. The third kappa shape index (κ3) is 5.11. The maximum Gasteiger partial charge on any atom is 0.0542 e. The number of para-hydroxylation sites is 3. The van der Waals surface area contributed by atoms with Crippen LogP contribution in [0.1, 0.15) is 0 Å². The van der Waals surface area contributed by atoms with Gasteiger partial charge in [0.25, 0.3) is 0 Å². The fraction of sp³-hybridized carbons (Fsp3) is 0. The lowest BCUT2D eigenvalue weighted by molar-refractivity contribution is 1.18. The summed E-state index contributed by atoms with van der Waals surface area (Å²) in [6, 6.07) is 79.5. The first-order chi connectivity index (χ1) is 27.8. The van der Waals surface area contributed by atoms with Crippen LogP contribution in [0.4, 0.5) is 17.1 Å². The number of benzene rings is 10. The van der Waals surface area contributed by atoms with Gasteiger partial charge in [-0.2, -0.15) is 0 Å². The van der Waals surface area contributed by atoms with E-state index in [0.29, 0.717) is 0 Å². The Labute approximate surface area is 325 Å². The summed E-state index contributed by atoms with van der Waals surface area (Å²) >= 11 is 0. The third-order valence-corrected chi connectivity index (χ3v) is 11.4. The number of nitrogens with zero attached hydrogens (tertiary/aromatic N) is 2. The van der Waals surface area contributed by atoms with Gasteiger partial charge in [0.15, 0.2) is 0 Å². The van der Waals surface area contributed by atoms with Crippen LogP contribution in [-0.2, 0) is 0 Å². The van der Waals surface area contributed by atoms with Gasteiger partial charge in [-0.25, -0.2) is 0 Å². The Morgan fingerprint density at radius 1 is 0.304 bits per heavy atom. The second-order valence-electron chi connectivity index (χ2n) is 14.5. The highest BCUT2D eigenvalue weighted by Gasteiger charge is 2.23. The Hall–Kier alpha value is -7.42. The van der Waals surface area contributed by atoms with E-state index in [1.807, 2.05) is 0 Å². The van der Waals surface area contributed by atoms with Gasteiger partial charge in [0.1, 0.15) is 0 Å². The SMILES string of the molecule is c1ccc(-c2ccccc2-c2ccccc2N(c2ccc3c(c2)c2ccccc2n3-c2ccccc2)c2cccc3c2ccc2c4ccccc4ccc32)cc1. The minimum atomic E-state index is 1.10. The maximum absolute atomic E-state index is 2.49. The van der Waals surface area contributed by atoms with Gasteiger partial charge in [0, 0.05) is 33.1 Å². The molecule has 0 bridgehead atoms. The lowest BCUT2D eigenvalue weighted by Gasteiger charge is -2.30. The van der Waals surface area contributed by atoms with E-state index in [-0.39, 0.29) is 0 Å². The summed E-state index contributed by atoms with van der Waals surface area (Å²) in [6.45, 7) is 0. The van der Waals surface area contributed by atoms with E-state index in [4.69, 9.17) is 0 Å². The van der Waals surface area contributed by atoms with Crippen LogP contribution in [-0.4, -0.2) is 4.57 Å². The number of fused-ring (bicyclic) bond motifs is 8. The highest BCUT2D eigenvalue weighted by molar-refractivity contribution is 6.20. The summed E-state index contributed by atoms with van der Waals surface area (Å²) in [7, 11) is 0. The summed E-state index contributed by atoms with van der Waals surface area (Å²) in [5.74, 6) is 0. The summed E-state index contributed by atoms with van der Waals surface area (Å²) in [5, 5.41) is 9.94. The van der Waals surface area contributed by atoms with Crippen molar-refractivity contribution in [2.75, 3.05) is 4.90 Å². The van der Waals surface area contributed by atoms with Crippen LogP contribution in [0.25, 0.3) is 82.1 Å². The monoisotopic (exact) mass is 712 g/mol. The van der Waals surface area contributed by atoms with Gasteiger partial charge in [-0.05, 0) is 92.2 Å². The molecule has 262 valence electrons. The molecule has 11 aromatic rings. The number of hydrogen-bond acceptors (Lipinski definition) is 1. The molecular weight excluding hydrogens is 677 g/mol. The zero-order valence-electron chi connectivity index (χ0n) is 30.7. The van der Waals surface area contributed by atoms with Gasteiger partial charge < -0.3 is 9.47 Å². The van der Waals surface area contributed by atoms with E-state index >= 15 is 0 Å². The molecule has 1 aromatic heterocycles. The molecule has 0 N–H and O–H groups in total. The number of hydrogen-bond donors (Lipinski definition) is 0. The fourth-order valence-corrected chi connectivity index (χ4v) is 8.88. The fourth-order valence-electron chi connectivity index (χ4n) is 8.88. The molecule has 56 heavy (non-hydrogen) atoms. The summed E-state index contributed by atoms with van der Waals surface area (Å²) in [6.07, 6.45) is 0. The molecule has 11 rings (SSSR count). The predicted molar refractivity (Wildman–Crippen MR) is 239 cm³/mol. The summed E-state index contributed by atoms with van der Waals surface area (Å²) in [4.78, 5) is 2.49. The van der Waals surface area contributed by atoms with Crippen molar-refractivity contribution in [3.05, 3.63) is 218 Å². The number of rotatable bonds is 6. The molecule has 1 heterocycles. The molecule has 0 radical (unpaired) electrons. The zero-order chi connectivity index (χ0) is 37.0. The normalized spacial score (nSPS) is 11.6. The van der Waals surface area contributed by atoms with Crippen LogP contribution in [0.2, 0.25) is 0 Å². The molecule has 2 heteroatoms. The van der Waals surface area contributed by atoms with Crippen LogP contribution in [0.3, 0.4) is 0 Å². The van der Waals surface area contributed by atoms with Crippen LogP contribution < -0.4 is 4.90 Å². The first kappa shape index (κ1) is 32.0. The Balaban J connectivity index is 1.21. The third-order valence-electron chi connectivity index (χ3n) is 11.4. The van der Waals surface area contributed by atoms with Gasteiger partial charge in [0.05, 0.1) is 22.4 Å². The van der Waals surface area contributed by atoms with E-state index in [9.17, 15) is 0 Å².